The Balaban J connectivity index is 2.38. The molecule has 2 rings (SSSR count). The van der Waals surface area contributed by atoms with Gasteiger partial charge in [0.1, 0.15) is 17.4 Å². The van der Waals surface area contributed by atoms with Crippen molar-refractivity contribution in [3.63, 3.8) is 0 Å². The third-order valence-electron chi connectivity index (χ3n) is 3.01. The van der Waals surface area contributed by atoms with E-state index in [1.807, 2.05) is 0 Å². The lowest BCUT2D eigenvalue weighted by atomic mass is 10.1. The number of imidazole rings is 1. The molecule has 0 saturated carbocycles. The summed E-state index contributed by atoms with van der Waals surface area (Å²) in [5.41, 5.74) is 6.95. The molecule has 1 atom stereocenters. The van der Waals surface area contributed by atoms with Gasteiger partial charge in [-0.25, -0.2) is 9.37 Å². The third kappa shape index (κ3) is 2.76. The average molecular weight is 263 g/mol. The van der Waals surface area contributed by atoms with E-state index in [1.165, 1.54) is 13.2 Å². The number of aromatic nitrogens is 2. The first-order valence-electron chi connectivity index (χ1n) is 6.30. The van der Waals surface area contributed by atoms with Gasteiger partial charge in [0.2, 0.25) is 0 Å². The molecule has 2 aromatic rings. The van der Waals surface area contributed by atoms with Crippen LogP contribution in [0, 0.1) is 5.82 Å². The molecular weight excluding hydrogens is 245 g/mol. The number of nitrogens with zero attached hydrogens (tertiary/aromatic N) is 1. The molecule has 102 valence electrons. The van der Waals surface area contributed by atoms with Gasteiger partial charge in [0.15, 0.2) is 0 Å². The van der Waals surface area contributed by atoms with E-state index in [1.54, 1.807) is 18.3 Å². The van der Waals surface area contributed by atoms with Crippen LogP contribution in [-0.4, -0.2) is 17.1 Å². The maximum Gasteiger partial charge on any atom is 0.136 e. The van der Waals surface area contributed by atoms with Gasteiger partial charge in [0.25, 0.3) is 0 Å². The molecular formula is C14H18FN3O. The summed E-state index contributed by atoms with van der Waals surface area (Å²) in [5.74, 6) is 0.792. The van der Waals surface area contributed by atoms with Gasteiger partial charge in [0.05, 0.1) is 30.6 Å². The highest BCUT2D eigenvalue weighted by atomic mass is 19.1. The quantitative estimate of drug-likeness (QED) is 0.871. The Kier molecular flexibility index (Phi) is 4.16. The van der Waals surface area contributed by atoms with Gasteiger partial charge in [0, 0.05) is 0 Å². The minimum atomic E-state index is -0.349. The van der Waals surface area contributed by atoms with Crippen LogP contribution in [0.1, 0.15) is 31.6 Å². The number of methoxy groups -OCH3 is 1. The Labute approximate surface area is 111 Å². The second-order valence-corrected chi connectivity index (χ2v) is 4.39. The Morgan fingerprint density at radius 2 is 2.26 bits per heavy atom. The summed E-state index contributed by atoms with van der Waals surface area (Å²) in [6.45, 7) is 2.06. The fourth-order valence-corrected chi connectivity index (χ4v) is 2.04. The second kappa shape index (κ2) is 5.84. The van der Waals surface area contributed by atoms with Gasteiger partial charge in [-0.2, -0.15) is 0 Å². The van der Waals surface area contributed by atoms with Gasteiger partial charge >= 0.3 is 0 Å². The average Bonchev–Trinajstić information content (AvgIpc) is 2.88. The van der Waals surface area contributed by atoms with Crippen LogP contribution in [0.2, 0.25) is 0 Å². The number of benzene rings is 1. The number of rotatable bonds is 5. The standard InChI is InChI=1S/C14H18FN3O/c1-3-5-10(16)14-17-8-11(18-14)13-9(15)6-4-7-12(13)19-2/h4,6-8,10H,3,5,16H2,1-2H3,(H,17,18). The normalized spacial score (nSPS) is 12.4. The van der Waals surface area contributed by atoms with Crippen LogP contribution in [0.5, 0.6) is 5.75 Å². The fraction of sp³-hybridized carbons (Fsp3) is 0.357. The van der Waals surface area contributed by atoms with Crippen LogP contribution in [0.25, 0.3) is 11.3 Å². The van der Waals surface area contributed by atoms with Crippen LogP contribution < -0.4 is 10.5 Å². The van der Waals surface area contributed by atoms with Crippen molar-refractivity contribution >= 4 is 0 Å². The van der Waals surface area contributed by atoms with Crippen molar-refractivity contribution in [1.82, 2.24) is 9.97 Å². The molecule has 0 fully saturated rings. The van der Waals surface area contributed by atoms with E-state index >= 15 is 0 Å². The van der Waals surface area contributed by atoms with E-state index < -0.39 is 0 Å². The predicted octanol–water partition coefficient (Wildman–Crippen LogP) is 3.02. The maximum absolute atomic E-state index is 13.9. The molecule has 0 aliphatic heterocycles. The molecule has 1 heterocycles. The van der Waals surface area contributed by atoms with Crippen LogP contribution in [0.4, 0.5) is 4.39 Å². The summed E-state index contributed by atoms with van der Waals surface area (Å²) >= 11 is 0. The van der Waals surface area contributed by atoms with E-state index in [2.05, 4.69) is 16.9 Å². The number of halogens is 1. The lowest BCUT2D eigenvalue weighted by molar-refractivity contribution is 0.413. The molecule has 1 aromatic heterocycles. The van der Waals surface area contributed by atoms with E-state index in [-0.39, 0.29) is 11.9 Å². The number of nitrogens with two attached hydrogens (primary N) is 1. The SMILES string of the molecule is CCCC(N)c1ncc(-c2c(F)cccc2OC)[nH]1. The molecule has 0 aliphatic carbocycles. The Bertz CT molecular complexity index is 553. The first kappa shape index (κ1) is 13.5. The van der Waals surface area contributed by atoms with Gasteiger partial charge < -0.3 is 15.5 Å². The lowest BCUT2D eigenvalue weighted by Gasteiger charge is -2.08. The number of nitrogens with one attached hydrogen (secondary N) is 1. The Hall–Kier alpha value is -1.88. The van der Waals surface area contributed by atoms with Crippen molar-refractivity contribution in [2.24, 2.45) is 5.73 Å². The summed E-state index contributed by atoms with van der Waals surface area (Å²) in [6.07, 6.45) is 3.40. The summed E-state index contributed by atoms with van der Waals surface area (Å²) in [6, 6.07) is 4.56. The first-order chi connectivity index (χ1) is 9.17. The Morgan fingerprint density at radius 3 is 2.95 bits per heavy atom. The monoisotopic (exact) mass is 263 g/mol. The molecule has 0 amide bonds. The largest absolute Gasteiger partial charge is 0.496 e. The topological polar surface area (TPSA) is 63.9 Å². The van der Waals surface area contributed by atoms with E-state index in [4.69, 9.17) is 10.5 Å². The summed E-state index contributed by atoms with van der Waals surface area (Å²) < 4.78 is 19.1. The molecule has 0 bridgehead atoms. The molecule has 1 unspecified atom stereocenters. The van der Waals surface area contributed by atoms with E-state index in [0.29, 0.717) is 22.8 Å². The number of hydrogen-bond donors (Lipinski definition) is 2. The summed E-state index contributed by atoms with van der Waals surface area (Å²) in [5, 5.41) is 0. The number of ether oxygens (including phenoxy) is 1. The minimum absolute atomic E-state index is 0.156. The Morgan fingerprint density at radius 1 is 1.47 bits per heavy atom. The van der Waals surface area contributed by atoms with Crippen molar-refractivity contribution in [1.29, 1.82) is 0 Å². The highest BCUT2D eigenvalue weighted by molar-refractivity contribution is 5.67. The predicted molar refractivity (Wildman–Crippen MR) is 72.4 cm³/mol. The van der Waals surface area contributed by atoms with Crippen molar-refractivity contribution in [2.45, 2.75) is 25.8 Å². The number of aromatic amines is 1. The van der Waals surface area contributed by atoms with Crippen LogP contribution in [-0.2, 0) is 0 Å². The van der Waals surface area contributed by atoms with E-state index in [0.717, 1.165) is 12.8 Å². The number of H-pyrrole nitrogens is 1. The summed E-state index contributed by atoms with van der Waals surface area (Å²) in [4.78, 5) is 7.30. The van der Waals surface area contributed by atoms with Crippen molar-refractivity contribution in [2.75, 3.05) is 7.11 Å². The maximum atomic E-state index is 13.9. The molecule has 19 heavy (non-hydrogen) atoms. The number of hydrogen-bond acceptors (Lipinski definition) is 3. The zero-order valence-electron chi connectivity index (χ0n) is 11.1. The van der Waals surface area contributed by atoms with Crippen LogP contribution in [0.3, 0.4) is 0 Å². The van der Waals surface area contributed by atoms with Crippen LogP contribution >= 0.6 is 0 Å². The summed E-state index contributed by atoms with van der Waals surface area (Å²) in [7, 11) is 1.51. The minimum Gasteiger partial charge on any atom is -0.496 e. The molecule has 4 nitrogen and oxygen atoms in total. The molecule has 3 N–H and O–H groups in total. The fourth-order valence-electron chi connectivity index (χ4n) is 2.04. The molecule has 0 aliphatic rings. The van der Waals surface area contributed by atoms with Crippen LogP contribution in [0.15, 0.2) is 24.4 Å². The first-order valence-corrected chi connectivity index (χ1v) is 6.30. The van der Waals surface area contributed by atoms with Crippen molar-refractivity contribution in [3.05, 3.63) is 36.0 Å². The third-order valence-corrected chi connectivity index (χ3v) is 3.01. The second-order valence-electron chi connectivity index (χ2n) is 4.39. The van der Waals surface area contributed by atoms with Crippen molar-refractivity contribution < 1.29 is 9.13 Å². The molecule has 0 spiro atoms. The zero-order valence-corrected chi connectivity index (χ0v) is 11.1. The van der Waals surface area contributed by atoms with Gasteiger partial charge in [-0.15, -0.1) is 0 Å². The van der Waals surface area contributed by atoms with Crippen molar-refractivity contribution in [3.8, 4) is 17.0 Å². The van der Waals surface area contributed by atoms with Gasteiger partial charge in [-0.05, 0) is 18.6 Å². The molecule has 0 radical (unpaired) electrons. The van der Waals surface area contributed by atoms with Gasteiger partial charge in [-0.3, -0.25) is 0 Å². The molecule has 1 aromatic carbocycles. The highest BCUT2D eigenvalue weighted by Gasteiger charge is 2.16. The van der Waals surface area contributed by atoms with E-state index in [9.17, 15) is 4.39 Å². The lowest BCUT2D eigenvalue weighted by Crippen LogP contribution is -2.11. The highest BCUT2D eigenvalue weighted by Crippen LogP contribution is 2.31. The van der Waals surface area contributed by atoms with Gasteiger partial charge in [-0.1, -0.05) is 19.4 Å². The smallest absolute Gasteiger partial charge is 0.136 e. The molecule has 5 heteroatoms. The molecule has 0 saturated heterocycles. The zero-order chi connectivity index (χ0) is 13.8.